The van der Waals surface area contributed by atoms with Crippen LogP contribution in [-0.2, 0) is 11.3 Å². The van der Waals surface area contributed by atoms with Crippen molar-refractivity contribution in [3.05, 3.63) is 23.8 Å². The number of nitrogens with zero attached hydrogens (tertiary/aromatic N) is 1. The number of fused-ring (bicyclic) bond motifs is 1. The summed E-state index contributed by atoms with van der Waals surface area (Å²) in [6.45, 7) is 3.01. The minimum Gasteiger partial charge on any atom is -0.454 e. The fourth-order valence-electron chi connectivity index (χ4n) is 3.83. The summed E-state index contributed by atoms with van der Waals surface area (Å²) in [5.41, 5.74) is 1.38. The van der Waals surface area contributed by atoms with Crippen molar-refractivity contribution in [2.45, 2.75) is 25.8 Å². The van der Waals surface area contributed by atoms with Gasteiger partial charge in [0.05, 0.1) is 0 Å². The maximum Gasteiger partial charge on any atom is 0.231 e. The van der Waals surface area contributed by atoms with Crippen LogP contribution < -0.4 is 14.8 Å². The molecule has 1 atom stereocenters. The molecule has 1 aliphatic carbocycles. The molecule has 5 nitrogen and oxygen atoms in total. The zero-order chi connectivity index (χ0) is 15.2. The number of nitrogens with one attached hydrogen (secondary N) is 1. The van der Waals surface area contributed by atoms with Crippen LogP contribution in [0.3, 0.4) is 0 Å². The Morgan fingerprint density at radius 1 is 1.32 bits per heavy atom. The fraction of sp³-hybridized carbons (Fsp3) is 0.588. The van der Waals surface area contributed by atoms with Gasteiger partial charge < -0.3 is 19.7 Å². The zero-order valence-corrected chi connectivity index (χ0v) is 12.9. The van der Waals surface area contributed by atoms with E-state index < -0.39 is 0 Å². The Morgan fingerprint density at radius 2 is 2.09 bits per heavy atom. The highest BCUT2D eigenvalue weighted by Crippen LogP contribution is 2.59. The van der Waals surface area contributed by atoms with E-state index in [1.807, 2.05) is 30.1 Å². The van der Waals surface area contributed by atoms with Crippen LogP contribution in [0.2, 0.25) is 0 Å². The van der Waals surface area contributed by atoms with Crippen LogP contribution in [-0.4, -0.2) is 37.7 Å². The molecular weight excluding hydrogens is 280 g/mol. The van der Waals surface area contributed by atoms with E-state index in [-0.39, 0.29) is 12.7 Å². The lowest BCUT2D eigenvalue weighted by Crippen LogP contribution is -2.34. The van der Waals surface area contributed by atoms with Crippen molar-refractivity contribution in [2.24, 2.45) is 11.3 Å². The van der Waals surface area contributed by atoms with E-state index in [1.54, 1.807) is 0 Å². The average Bonchev–Trinajstić information content (AvgIpc) is 3.01. The summed E-state index contributed by atoms with van der Waals surface area (Å²) in [5, 5.41) is 3.38. The van der Waals surface area contributed by atoms with E-state index in [2.05, 4.69) is 5.32 Å². The fourth-order valence-corrected chi connectivity index (χ4v) is 3.83. The van der Waals surface area contributed by atoms with Crippen LogP contribution in [0.4, 0.5) is 0 Å². The molecule has 1 spiro atoms. The van der Waals surface area contributed by atoms with Gasteiger partial charge in [0.15, 0.2) is 11.5 Å². The molecule has 2 aliphatic heterocycles. The standard InChI is InChI=1S/C17H22N2O3/c1-19(10-12-2-3-14-15(8-12)22-11-21-14)16(20)13-9-17(13)4-6-18-7-5-17/h2-3,8,13,18H,4-7,9-11H2,1H3. The Balaban J connectivity index is 1.40. The number of amides is 1. The summed E-state index contributed by atoms with van der Waals surface area (Å²) in [4.78, 5) is 14.5. The summed E-state index contributed by atoms with van der Waals surface area (Å²) in [5.74, 6) is 2.08. The third kappa shape index (κ3) is 2.33. The third-order valence-electron chi connectivity index (χ3n) is 5.32. The second kappa shape index (κ2) is 5.16. The van der Waals surface area contributed by atoms with Crippen LogP contribution in [0.1, 0.15) is 24.8 Å². The van der Waals surface area contributed by atoms with Gasteiger partial charge in [-0.25, -0.2) is 0 Å². The van der Waals surface area contributed by atoms with E-state index in [4.69, 9.17) is 9.47 Å². The highest BCUT2D eigenvalue weighted by atomic mass is 16.7. The molecule has 1 aromatic carbocycles. The number of hydrogen-bond acceptors (Lipinski definition) is 4. The summed E-state index contributed by atoms with van der Waals surface area (Å²) in [6, 6.07) is 5.89. The van der Waals surface area contributed by atoms with E-state index in [1.165, 1.54) is 0 Å². The van der Waals surface area contributed by atoms with Crippen molar-refractivity contribution in [3.8, 4) is 11.5 Å². The Kier molecular flexibility index (Phi) is 3.26. The highest BCUT2D eigenvalue weighted by Gasteiger charge is 2.58. The van der Waals surface area contributed by atoms with E-state index in [0.717, 1.165) is 49.4 Å². The first-order valence-electron chi connectivity index (χ1n) is 8.02. The van der Waals surface area contributed by atoms with Crippen LogP contribution in [0.15, 0.2) is 18.2 Å². The van der Waals surface area contributed by atoms with Crippen molar-refractivity contribution in [2.75, 3.05) is 26.9 Å². The van der Waals surface area contributed by atoms with Gasteiger partial charge in [0, 0.05) is 19.5 Å². The van der Waals surface area contributed by atoms with Gasteiger partial charge in [-0.3, -0.25) is 4.79 Å². The van der Waals surface area contributed by atoms with E-state index in [9.17, 15) is 4.79 Å². The van der Waals surface area contributed by atoms with Crippen LogP contribution in [0.25, 0.3) is 0 Å². The van der Waals surface area contributed by atoms with Gasteiger partial charge in [0.2, 0.25) is 12.7 Å². The lowest BCUT2D eigenvalue weighted by atomic mass is 9.91. The van der Waals surface area contributed by atoms with Crippen molar-refractivity contribution in [1.82, 2.24) is 10.2 Å². The molecule has 0 aromatic heterocycles. The maximum absolute atomic E-state index is 12.7. The monoisotopic (exact) mass is 302 g/mol. The average molecular weight is 302 g/mol. The Labute approximate surface area is 130 Å². The smallest absolute Gasteiger partial charge is 0.231 e. The molecule has 1 saturated carbocycles. The third-order valence-corrected chi connectivity index (χ3v) is 5.32. The second-order valence-corrected chi connectivity index (χ2v) is 6.75. The molecule has 2 fully saturated rings. The predicted molar refractivity (Wildman–Crippen MR) is 81.7 cm³/mol. The Morgan fingerprint density at radius 3 is 2.91 bits per heavy atom. The molecule has 1 aromatic rings. The Bertz CT molecular complexity index is 596. The molecule has 118 valence electrons. The molecule has 1 N–H and O–H groups in total. The number of carbonyl (C=O) groups excluding carboxylic acids is 1. The molecule has 1 amide bonds. The number of benzene rings is 1. The first-order chi connectivity index (χ1) is 10.7. The minimum absolute atomic E-state index is 0.230. The summed E-state index contributed by atoms with van der Waals surface area (Å²) in [6.07, 6.45) is 3.35. The molecule has 22 heavy (non-hydrogen) atoms. The van der Waals surface area contributed by atoms with Crippen molar-refractivity contribution in [1.29, 1.82) is 0 Å². The van der Waals surface area contributed by atoms with Crippen molar-refractivity contribution < 1.29 is 14.3 Å². The van der Waals surface area contributed by atoms with Gasteiger partial charge in [0.1, 0.15) is 0 Å². The van der Waals surface area contributed by atoms with Crippen molar-refractivity contribution in [3.63, 3.8) is 0 Å². The van der Waals surface area contributed by atoms with Crippen LogP contribution >= 0.6 is 0 Å². The number of piperidine rings is 1. The normalized spacial score (nSPS) is 24.3. The summed E-state index contributed by atoms with van der Waals surface area (Å²) < 4.78 is 10.7. The van der Waals surface area contributed by atoms with Crippen molar-refractivity contribution >= 4 is 5.91 Å². The zero-order valence-electron chi connectivity index (χ0n) is 12.9. The molecule has 5 heteroatoms. The minimum atomic E-state index is 0.230. The topological polar surface area (TPSA) is 50.8 Å². The molecule has 4 rings (SSSR count). The molecule has 2 heterocycles. The largest absolute Gasteiger partial charge is 0.454 e. The van der Waals surface area contributed by atoms with Crippen LogP contribution in [0, 0.1) is 11.3 Å². The van der Waals surface area contributed by atoms with Gasteiger partial charge in [-0.1, -0.05) is 6.07 Å². The second-order valence-electron chi connectivity index (χ2n) is 6.75. The SMILES string of the molecule is CN(Cc1ccc2c(c1)OCO2)C(=O)C1CC12CCNCC2. The molecule has 3 aliphatic rings. The first kappa shape index (κ1) is 13.9. The molecule has 1 saturated heterocycles. The van der Waals surface area contributed by atoms with Gasteiger partial charge in [-0.05, 0) is 55.5 Å². The highest BCUT2D eigenvalue weighted by molar-refractivity contribution is 5.82. The number of rotatable bonds is 3. The van der Waals surface area contributed by atoms with Gasteiger partial charge >= 0.3 is 0 Å². The number of ether oxygens (including phenoxy) is 2. The first-order valence-corrected chi connectivity index (χ1v) is 8.02. The maximum atomic E-state index is 12.7. The molecular formula is C17H22N2O3. The summed E-state index contributed by atoms with van der Waals surface area (Å²) in [7, 11) is 1.90. The number of hydrogen-bond donors (Lipinski definition) is 1. The summed E-state index contributed by atoms with van der Waals surface area (Å²) >= 11 is 0. The van der Waals surface area contributed by atoms with E-state index in [0.29, 0.717) is 17.9 Å². The van der Waals surface area contributed by atoms with E-state index >= 15 is 0 Å². The van der Waals surface area contributed by atoms with Gasteiger partial charge in [0.25, 0.3) is 0 Å². The lowest BCUT2D eigenvalue weighted by Gasteiger charge is -2.25. The number of carbonyl (C=O) groups is 1. The van der Waals surface area contributed by atoms with Gasteiger partial charge in [-0.15, -0.1) is 0 Å². The lowest BCUT2D eigenvalue weighted by molar-refractivity contribution is -0.132. The Hall–Kier alpha value is -1.75. The molecule has 0 radical (unpaired) electrons. The van der Waals surface area contributed by atoms with Crippen LogP contribution in [0.5, 0.6) is 11.5 Å². The predicted octanol–water partition coefficient (Wildman–Crippen LogP) is 1.76. The molecule has 0 bridgehead atoms. The molecule has 1 unspecified atom stereocenters. The quantitative estimate of drug-likeness (QED) is 0.924. The van der Waals surface area contributed by atoms with Gasteiger partial charge in [-0.2, -0.15) is 0 Å².